The number of aryl methyl sites for hydroxylation is 1. The monoisotopic (exact) mass is 399 g/mol. The number of carboxylic acid groups (broad SMARTS) is 1. The minimum absolute atomic E-state index is 0.0961. The number of hydrogen-bond acceptors (Lipinski definition) is 7. The van der Waals surface area contributed by atoms with E-state index in [0.29, 0.717) is 19.3 Å². The van der Waals surface area contributed by atoms with E-state index in [2.05, 4.69) is 25.4 Å². The Labute approximate surface area is 155 Å². The van der Waals surface area contributed by atoms with Crippen molar-refractivity contribution in [3.8, 4) is 11.3 Å². The van der Waals surface area contributed by atoms with Gasteiger partial charge in [-0.2, -0.15) is 13.2 Å². The van der Waals surface area contributed by atoms with Gasteiger partial charge in [-0.25, -0.2) is 9.36 Å². The van der Waals surface area contributed by atoms with Crippen molar-refractivity contribution in [2.45, 2.75) is 19.1 Å². The largest absolute Gasteiger partial charge is 0.490 e. The number of rotatable bonds is 4. The molecule has 3 aromatic rings. The van der Waals surface area contributed by atoms with Crippen LogP contribution in [0.5, 0.6) is 0 Å². The van der Waals surface area contributed by atoms with Crippen molar-refractivity contribution in [1.82, 2.24) is 25.3 Å². The summed E-state index contributed by atoms with van der Waals surface area (Å²) in [6.45, 7) is 0.440. The molecule has 3 heterocycles. The maximum atomic E-state index is 11.0. The molecular formula is C15H14F3N6O4+. The van der Waals surface area contributed by atoms with Crippen LogP contribution < -0.4 is 4.57 Å². The molecule has 0 unspecified atom stereocenters. The first-order valence-corrected chi connectivity index (χ1v) is 7.62. The molecule has 0 bridgehead atoms. The molecular weight excluding hydrogens is 385 g/mol. The molecule has 0 aliphatic carbocycles. The Kier molecular flexibility index (Phi) is 6.52. The van der Waals surface area contributed by atoms with E-state index in [4.69, 9.17) is 5.11 Å². The zero-order valence-electron chi connectivity index (χ0n) is 14.4. The Morgan fingerprint density at radius 2 is 1.89 bits per heavy atom. The highest BCUT2D eigenvalue weighted by atomic mass is 19.4. The average Bonchev–Trinajstić information content (AvgIpc) is 3.13. The van der Waals surface area contributed by atoms with Gasteiger partial charge in [0, 0.05) is 17.7 Å². The first-order valence-electron chi connectivity index (χ1n) is 7.62. The highest BCUT2D eigenvalue weighted by Gasteiger charge is 2.40. The first kappa shape index (κ1) is 20.7. The van der Waals surface area contributed by atoms with Crippen LogP contribution in [0.1, 0.15) is 6.42 Å². The van der Waals surface area contributed by atoms with Gasteiger partial charge in [-0.05, 0) is 22.6 Å². The molecule has 28 heavy (non-hydrogen) atoms. The summed E-state index contributed by atoms with van der Waals surface area (Å²) in [4.78, 5) is 20.0. The fourth-order valence-corrected chi connectivity index (χ4v) is 1.92. The SMILES string of the molecule is COC(=O)C(F)(F)F.O=C(O)CC[n+]1ccc(-c2ccc3nnnn3n2)cc1. The van der Waals surface area contributed by atoms with Gasteiger partial charge >= 0.3 is 18.1 Å². The number of carboxylic acids is 1. The molecule has 1 N–H and O–H groups in total. The molecule has 0 saturated heterocycles. The number of fused-ring (bicyclic) bond motifs is 1. The van der Waals surface area contributed by atoms with Gasteiger partial charge in [0.1, 0.15) is 6.42 Å². The van der Waals surface area contributed by atoms with Crippen molar-refractivity contribution in [1.29, 1.82) is 0 Å². The molecule has 13 heteroatoms. The third-order valence-corrected chi connectivity index (χ3v) is 3.26. The quantitative estimate of drug-likeness (QED) is 0.502. The Morgan fingerprint density at radius 3 is 2.43 bits per heavy atom. The predicted molar refractivity (Wildman–Crippen MR) is 84.5 cm³/mol. The molecule has 0 amide bonds. The standard InChI is InChI=1S/C12H10N6O2.C3H3F3O2/c19-12(20)5-8-17-6-3-9(4-7-17)10-1-2-11-13-15-16-18(11)14-10;1-8-2(7)3(4,5)6/h1-4,6-7H,5,8H2;1H3/p+1. The number of ether oxygens (including phenoxy) is 1. The van der Waals surface area contributed by atoms with Crippen LogP contribution in [0, 0.1) is 0 Å². The van der Waals surface area contributed by atoms with Gasteiger partial charge in [0.15, 0.2) is 24.6 Å². The van der Waals surface area contributed by atoms with Crippen LogP contribution in [-0.4, -0.2) is 55.6 Å². The van der Waals surface area contributed by atoms with Crippen LogP contribution in [0.4, 0.5) is 13.2 Å². The number of pyridine rings is 1. The molecule has 0 spiro atoms. The number of aliphatic carboxylic acids is 1. The van der Waals surface area contributed by atoms with Crippen molar-refractivity contribution < 1.29 is 37.2 Å². The van der Waals surface area contributed by atoms with Crippen molar-refractivity contribution >= 4 is 17.6 Å². The van der Waals surface area contributed by atoms with Crippen LogP contribution in [-0.2, 0) is 20.9 Å². The average molecular weight is 399 g/mol. The van der Waals surface area contributed by atoms with Crippen molar-refractivity contribution in [2.24, 2.45) is 0 Å². The normalized spacial score (nSPS) is 10.9. The van der Waals surface area contributed by atoms with Gasteiger partial charge in [-0.1, -0.05) is 0 Å². The van der Waals surface area contributed by atoms with E-state index in [1.54, 1.807) is 6.07 Å². The molecule has 0 saturated carbocycles. The highest BCUT2D eigenvalue weighted by molar-refractivity contribution is 5.75. The number of halogens is 3. The maximum absolute atomic E-state index is 11.0. The molecule has 10 nitrogen and oxygen atoms in total. The number of aromatic nitrogens is 6. The molecule has 0 fully saturated rings. The fraction of sp³-hybridized carbons (Fsp3) is 0.267. The van der Waals surface area contributed by atoms with Gasteiger partial charge in [-0.15, -0.1) is 14.8 Å². The van der Waals surface area contributed by atoms with E-state index in [1.165, 1.54) is 4.63 Å². The smallest absolute Gasteiger partial charge is 0.481 e. The molecule has 0 aliphatic heterocycles. The minimum Gasteiger partial charge on any atom is -0.481 e. The molecule has 3 aromatic heterocycles. The van der Waals surface area contributed by atoms with Crippen LogP contribution in [0.3, 0.4) is 0 Å². The highest BCUT2D eigenvalue weighted by Crippen LogP contribution is 2.15. The Hall–Kier alpha value is -3.64. The third-order valence-electron chi connectivity index (χ3n) is 3.26. The topological polar surface area (TPSA) is 123 Å². The lowest BCUT2D eigenvalue weighted by Crippen LogP contribution is -2.33. The lowest BCUT2D eigenvalue weighted by atomic mass is 10.2. The second kappa shape index (κ2) is 8.83. The zero-order valence-corrected chi connectivity index (χ0v) is 14.4. The van der Waals surface area contributed by atoms with Gasteiger partial charge in [-0.3, -0.25) is 4.79 Å². The molecule has 0 aromatic carbocycles. The molecule has 0 atom stereocenters. The number of nitrogens with zero attached hydrogens (tertiary/aromatic N) is 6. The maximum Gasteiger partial charge on any atom is 0.490 e. The summed E-state index contributed by atoms with van der Waals surface area (Å²) in [5.74, 6) is -2.98. The predicted octanol–water partition coefficient (Wildman–Crippen LogP) is 0.670. The third kappa shape index (κ3) is 5.69. The molecule has 0 aliphatic rings. The van der Waals surface area contributed by atoms with E-state index in [0.717, 1.165) is 11.3 Å². The van der Waals surface area contributed by atoms with Crippen molar-refractivity contribution in [3.63, 3.8) is 0 Å². The van der Waals surface area contributed by atoms with Crippen molar-refractivity contribution in [2.75, 3.05) is 7.11 Å². The zero-order chi connectivity index (χ0) is 20.7. The summed E-state index contributed by atoms with van der Waals surface area (Å²) in [5.41, 5.74) is 2.24. The Balaban J connectivity index is 0.000000300. The van der Waals surface area contributed by atoms with Gasteiger partial charge in [0.2, 0.25) is 0 Å². The Bertz CT molecular complexity index is 958. The van der Waals surface area contributed by atoms with Crippen LogP contribution in [0.25, 0.3) is 16.9 Å². The molecule has 0 radical (unpaired) electrons. The van der Waals surface area contributed by atoms with Crippen LogP contribution >= 0.6 is 0 Å². The lowest BCUT2D eigenvalue weighted by Gasteiger charge is -2.00. The number of carbonyl (C=O) groups is 2. The van der Waals surface area contributed by atoms with Crippen LogP contribution in [0.15, 0.2) is 36.7 Å². The summed E-state index contributed by atoms with van der Waals surface area (Å²) in [7, 11) is 0.676. The van der Waals surface area contributed by atoms with E-state index in [9.17, 15) is 22.8 Å². The second-order valence-corrected chi connectivity index (χ2v) is 5.20. The van der Waals surface area contributed by atoms with Crippen LogP contribution in [0.2, 0.25) is 0 Å². The summed E-state index contributed by atoms with van der Waals surface area (Å²) in [6.07, 6.45) is -1.11. The molecule has 148 valence electrons. The van der Waals surface area contributed by atoms with Gasteiger partial charge < -0.3 is 9.84 Å². The van der Waals surface area contributed by atoms with E-state index in [1.807, 2.05) is 35.2 Å². The summed E-state index contributed by atoms with van der Waals surface area (Å²) in [5, 5.41) is 24.0. The lowest BCUT2D eigenvalue weighted by molar-refractivity contribution is -0.695. The number of esters is 1. The molecule has 3 rings (SSSR count). The number of tetrazole rings is 1. The van der Waals surface area contributed by atoms with Crippen molar-refractivity contribution in [3.05, 3.63) is 36.7 Å². The number of carbonyl (C=O) groups excluding carboxylic acids is 1. The summed E-state index contributed by atoms with van der Waals surface area (Å²) in [6, 6.07) is 7.37. The summed E-state index contributed by atoms with van der Waals surface area (Å²) < 4.78 is 39.5. The van der Waals surface area contributed by atoms with E-state index in [-0.39, 0.29) is 6.42 Å². The first-order chi connectivity index (χ1) is 13.2. The number of hydrogen-bond donors (Lipinski definition) is 1. The number of methoxy groups -OCH3 is 1. The number of alkyl halides is 3. The summed E-state index contributed by atoms with van der Waals surface area (Å²) >= 11 is 0. The van der Waals surface area contributed by atoms with Gasteiger partial charge in [0.25, 0.3) is 0 Å². The van der Waals surface area contributed by atoms with E-state index < -0.39 is 18.1 Å². The minimum atomic E-state index is -4.85. The van der Waals surface area contributed by atoms with E-state index >= 15 is 0 Å². The Morgan fingerprint density at radius 1 is 1.21 bits per heavy atom. The second-order valence-electron chi connectivity index (χ2n) is 5.20. The van der Waals surface area contributed by atoms with Gasteiger partial charge in [0.05, 0.1) is 12.8 Å². The fourth-order valence-electron chi connectivity index (χ4n) is 1.92.